The molecule has 0 bridgehead atoms. The SMILES string of the molecule is CC(C)c1ccc(CN(C(=O)C2CCNC2)C2CC2)cc1. The Morgan fingerprint density at radius 1 is 1.24 bits per heavy atom. The van der Waals surface area contributed by atoms with Gasteiger partial charge in [0.2, 0.25) is 5.91 Å². The van der Waals surface area contributed by atoms with E-state index in [1.165, 1.54) is 24.0 Å². The molecule has 3 nitrogen and oxygen atoms in total. The second-order valence-corrected chi connectivity index (χ2v) is 6.78. The Hall–Kier alpha value is -1.35. The molecule has 2 fully saturated rings. The first-order valence-electron chi connectivity index (χ1n) is 8.25. The summed E-state index contributed by atoms with van der Waals surface area (Å²) >= 11 is 0. The van der Waals surface area contributed by atoms with Gasteiger partial charge in [0.05, 0.1) is 5.92 Å². The van der Waals surface area contributed by atoms with Crippen molar-refractivity contribution in [1.29, 1.82) is 0 Å². The fourth-order valence-electron chi connectivity index (χ4n) is 3.08. The molecule has 0 radical (unpaired) electrons. The number of carbonyl (C=O) groups is 1. The van der Waals surface area contributed by atoms with Crippen LogP contribution in [0.4, 0.5) is 0 Å². The van der Waals surface area contributed by atoms with Gasteiger partial charge >= 0.3 is 0 Å². The van der Waals surface area contributed by atoms with Gasteiger partial charge in [0.15, 0.2) is 0 Å². The highest BCUT2D eigenvalue weighted by atomic mass is 16.2. The molecule has 1 amide bonds. The van der Waals surface area contributed by atoms with Crippen molar-refractivity contribution < 1.29 is 4.79 Å². The topological polar surface area (TPSA) is 32.3 Å². The highest BCUT2D eigenvalue weighted by Crippen LogP contribution is 2.31. The first kappa shape index (κ1) is 14.6. The number of hydrogen-bond acceptors (Lipinski definition) is 2. The molecule has 21 heavy (non-hydrogen) atoms. The van der Waals surface area contributed by atoms with E-state index in [4.69, 9.17) is 0 Å². The summed E-state index contributed by atoms with van der Waals surface area (Å²) < 4.78 is 0. The van der Waals surface area contributed by atoms with Crippen molar-refractivity contribution >= 4 is 5.91 Å². The second-order valence-electron chi connectivity index (χ2n) is 6.78. The first-order valence-corrected chi connectivity index (χ1v) is 8.25. The van der Waals surface area contributed by atoms with Gasteiger partial charge in [-0.3, -0.25) is 4.79 Å². The van der Waals surface area contributed by atoms with Gasteiger partial charge in [-0.15, -0.1) is 0 Å². The number of hydrogen-bond donors (Lipinski definition) is 1. The fourth-order valence-corrected chi connectivity index (χ4v) is 3.08. The van der Waals surface area contributed by atoms with Gasteiger partial charge in [-0.1, -0.05) is 38.1 Å². The molecule has 1 saturated carbocycles. The lowest BCUT2D eigenvalue weighted by Crippen LogP contribution is -2.38. The minimum absolute atomic E-state index is 0.195. The molecule has 2 aliphatic rings. The predicted octanol–water partition coefficient (Wildman–Crippen LogP) is 2.91. The Kier molecular flexibility index (Phi) is 4.29. The number of nitrogens with zero attached hydrogens (tertiary/aromatic N) is 1. The Bertz CT molecular complexity index is 484. The Labute approximate surface area is 127 Å². The van der Waals surface area contributed by atoms with Crippen molar-refractivity contribution in [3.05, 3.63) is 35.4 Å². The van der Waals surface area contributed by atoms with Crippen molar-refractivity contribution in [2.75, 3.05) is 13.1 Å². The van der Waals surface area contributed by atoms with Crippen molar-refractivity contribution in [2.45, 2.75) is 51.6 Å². The molecule has 1 atom stereocenters. The average molecular weight is 286 g/mol. The van der Waals surface area contributed by atoms with Crippen LogP contribution in [0.15, 0.2) is 24.3 Å². The zero-order valence-corrected chi connectivity index (χ0v) is 13.1. The maximum Gasteiger partial charge on any atom is 0.227 e. The zero-order valence-electron chi connectivity index (χ0n) is 13.1. The van der Waals surface area contributed by atoms with Gasteiger partial charge in [0.1, 0.15) is 0 Å². The number of amides is 1. The van der Waals surface area contributed by atoms with Crippen molar-refractivity contribution in [1.82, 2.24) is 10.2 Å². The molecule has 1 unspecified atom stereocenters. The summed E-state index contributed by atoms with van der Waals surface area (Å²) in [5, 5.41) is 3.30. The summed E-state index contributed by atoms with van der Waals surface area (Å²) in [6.45, 7) is 7.04. The third kappa shape index (κ3) is 3.46. The number of carbonyl (C=O) groups excluding carboxylic acids is 1. The molecule has 1 N–H and O–H groups in total. The van der Waals surface area contributed by atoms with E-state index in [9.17, 15) is 4.79 Å². The van der Waals surface area contributed by atoms with Crippen LogP contribution in [-0.4, -0.2) is 29.9 Å². The molecule has 1 aromatic rings. The summed E-state index contributed by atoms with van der Waals surface area (Å²) in [5.41, 5.74) is 2.62. The minimum Gasteiger partial charge on any atom is -0.335 e. The van der Waals surface area contributed by atoms with Crippen LogP contribution in [0.1, 0.15) is 50.2 Å². The van der Waals surface area contributed by atoms with Gasteiger partial charge in [-0.2, -0.15) is 0 Å². The molecule has 1 saturated heterocycles. The molecule has 1 aliphatic heterocycles. The molecule has 3 rings (SSSR count). The third-order valence-corrected chi connectivity index (χ3v) is 4.68. The van der Waals surface area contributed by atoms with Crippen LogP contribution in [0.25, 0.3) is 0 Å². The summed E-state index contributed by atoms with van der Waals surface area (Å²) in [4.78, 5) is 14.8. The molecule has 114 valence electrons. The normalized spacial score (nSPS) is 21.8. The number of rotatable bonds is 5. The predicted molar refractivity (Wildman–Crippen MR) is 85.1 cm³/mol. The molecule has 0 spiro atoms. The Morgan fingerprint density at radius 3 is 2.48 bits per heavy atom. The number of nitrogens with one attached hydrogen (secondary N) is 1. The van der Waals surface area contributed by atoms with Crippen LogP contribution in [0.3, 0.4) is 0 Å². The highest BCUT2D eigenvalue weighted by Gasteiger charge is 2.36. The van der Waals surface area contributed by atoms with Gasteiger partial charge in [-0.05, 0) is 42.9 Å². The monoisotopic (exact) mass is 286 g/mol. The molecule has 1 heterocycles. The van der Waals surface area contributed by atoms with Crippen LogP contribution < -0.4 is 5.32 Å². The van der Waals surface area contributed by atoms with E-state index in [0.717, 1.165) is 26.1 Å². The Morgan fingerprint density at radius 2 is 1.95 bits per heavy atom. The quantitative estimate of drug-likeness (QED) is 0.902. The molecule has 3 heteroatoms. The van der Waals surface area contributed by atoms with E-state index >= 15 is 0 Å². The molecule has 1 aromatic carbocycles. The summed E-state index contributed by atoms with van der Waals surface area (Å²) in [5.74, 6) is 1.11. The molecular weight excluding hydrogens is 260 g/mol. The average Bonchev–Trinajstić information content (AvgIpc) is 3.18. The largest absolute Gasteiger partial charge is 0.335 e. The third-order valence-electron chi connectivity index (χ3n) is 4.68. The first-order chi connectivity index (χ1) is 10.1. The number of benzene rings is 1. The van der Waals surface area contributed by atoms with Gasteiger partial charge < -0.3 is 10.2 Å². The van der Waals surface area contributed by atoms with E-state index in [2.05, 4.69) is 48.3 Å². The summed E-state index contributed by atoms with van der Waals surface area (Å²) in [6.07, 6.45) is 3.35. The van der Waals surface area contributed by atoms with Crippen LogP contribution in [0.5, 0.6) is 0 Å². The van der Waals surface area contributed by atoms with E-state index in [1.54, 1.807) is 0 Å². The second kappa shape index (κ2) is 6.18. The Balaban J connectivity index is 1.68. The van der Waals surface area contributed by atoms with Crippen LogP contribution in [0.2, 0.25) is 0 Å². The molecular formula is C18H26N2O. The van der Waals surface area contributed by atoms with Gasteiger partial charge in [0.25, 0.3) is 0 Å². The smallest absolute Gasteiger partial charge is 0.227 e. The highest BCUT2D eigenvalue weighted by molar-refractivity contribution is 5.80. The van der Waals surface area contributed by atoms with Crippen LogP contribution in [0, 0.1) is 5.92 Å². The standard InChI is InChI=1S/C18H26N2O/c1-13(2)15-5-3-14(4-6-15)12-20(17-7-8-17)18(21)16-9-10-19-11-16/h3-6,13,16-17,19H,7-12H2,1-2H3. The van der Waals surface area contributed by atoms with Crippen molar-refractivity contribution in [3.8, 4) is 0 Å². The lowest BCUT2D eigenvalue weighted by Gasteiger charge is -2.25. The fraction of sp³-hybridized carbons (Fsp3) is 0.611. The van der Waals surface area contributed by atoms with Crippen LogP contribution >= 0.6 is 0 Å². The molecule has 0 aromatic heterocycles. The van der Waals surface area contributed by atoms with E-state index in [0.29, 0.717) is 17.9 Å². The van der Waals surface area contributed by atoms with Crippen molar-refractivity contribution in [2.24, 2.45) is 5.92 Å². The molecule has 1 aliphatic carbocycles. The van der Waals surface area contributed by atoms with E-state index in [-0.39, 0.29) is 5.92 Å². The lowest BCUT2D eigenvalue weighted by molar-refractivity contribution is -0.136. The van der Waals surface area contributed by atoms with E-state index < -0.39 is 0 Å². The minimum atomic E-state index is 0.195. The maximum absolute atomic E-state index is 12.7. The van der Waals surface area contributed by atoms with Gasteiger partial charge in [0, 0.05) is 19.1 Å². The summed E-state index contributed by atoms with van der Waals surface area (Å²) in [7, 11) is 0. The zero-order chi connectivity index (χ0) is 14.8. The van der Waals surface area contributed by atoms with Crippen LogP contribution in [-0.2, 0) is 11.3 Å². The van der Waals surface area contributed by atoms with E-state index in [1.807, 2.05) is 0 Å². The maximum atomic E-state index is 12.7. The van der Waals surface area contributed by atoms with Gasteiger partial charge in [-0.25, -0.2) is 0 Å². The van der Waals surface area contributed by atoms with Crippen molar-refractivity contribution in [3.63, 3.8) is 0 Å². The lowest BCUT2D eigenvalue weighted by atomic mass is 10.0. The summed E-state index contributed by atoms with van der Waals surface area (Å²) in [6, 6.07) is 9.26.